The van der Waals surface area contributed by atoms with Crippen LogP contribution in [0.3, 0.4) is 0 Å². The second-order valence-electron chi connectivity index (χ2n) is 23.6. The molecule has 0 heterocycles. The van der Waals surface area contributed by atoms with E-state index in [1.165, 1.54) is 66.8 Å². The van der Waals surface area contributed by atoms with Gasteiger partial charge in [-0.3, -0.25) is 67.5 Å². The van der Waals surface area contributed by atoms with E-state index in [4.69, 9.17) is 34.4 Å². The van der Waals surface area contributed by atoms with Gasteiger partial charge in [0.1, 0.15) is 59.8 Å². The number of guanidine groups is 2. The maximum atomic E-state index is 14.7. The van der Waals surface area contributed by atoms with Gasteiger partial charge in [-0.1, -0.05) is 84.9 Å². The van der Waals surface area contributed by atoms with E-state index in [2.05, 4.69) is 68.5 Å². The van der Waals surface area contributed by atoms with Crippen molar-refractivity contribution in [3.63, 3.8) is 0 Å². The van der Waals surface area contributed by atoms with Crippen LogP contribution in [0.1, 0.15) is 67.7 Å². The third-order valence-electron chi connectivity index (χ3n) is 15.3. The van der Waals surface area contributed by atoms with Gasteiger partial charge < -0.3 is 103 Å². The summed E-state index contributed by atoms with van der Waals surface area (Å²) in [4.78, 5) is 172. The number of amides is 12. The van der Waals surface area contributed by atoms with Crippen molar-refractivity contribution in [3.05, 3.63) is 131 Å². The van der Waals surface area contributed by atoms with E-state index in [0.29, 0.717) is 33.8 Å². The third-order valence-corrected chi connectivity index (χ3v) is 16.6. The highest BCUT2D eigenvalue weighted by Crippen LogP contribution is 2.15. The number of carbonyl (C=O) groups excluding carboxylic acids is 12. The Morgan fingerprint density at radius 1 is 0.382 bits per heavy atom. The summed E-state index contributed by atoms with van der Waals surface area (Å²) in [5, 5.41) is 48.0. The number of thioether (sulfide) groups is 2. The smallest absolute Gasteiger partial charge is 0.243 e. The van der Waals surface area contributed by atoms with Crippen LogP contribution in [0, 0.1) is 0 Å². The van der Waals surface area contributed by atoms with Crippen LogP contribution in [0.25, 0.3) is 0 Å². The monoisotopic (exact) mass is 1450 g/mol. The lowest BCUT2D eigenvalue weighted by Gasteiger charge is -2.27. The molecule has 25 N–H and O–H groups in total. The van der Waals surface area contributed by atoms with E-state index in [-0.39, 0.29) is 101 Å². The molecule has 4 rings (SSSR count). The Morgan fingerprint density at radius 2 is 0.725 bits per heavy atom. The van der Waals surface area contributed by atoms with E-state index in [9.17, 15) is 67.7 Å². The molecule has 0 aliphatic carbocycles. The highest BCUT2D eigenvalue weighted by atomic mass is 32.2. The lowest BCUT2D eigenvalue weighted by molar-refractivity contribution is -0.135. The molecule has 35 heteroatoms. The lowest BCUT2D eigenvalue weighted by Crippen LogP contribution is -2.60. The first-order chi connectivity index (χ1) is 48.6. The number of hydrogen-bond acceptors (Lipinski definition) is 19. The van der Waals surface area contributed by atoms with Crippen molar-refractivity contribution in [1.82, 2.24) is 58.5 Å². The van der Waals surface area contributed by atoms with Gasteiger partial charge in [-0.2, -0.15) is 23.5 Å². The molecule has 0 saturated heterocycles. The van der Waals surface area contributed by atoms with Gasteiger partial charge in [0.25, 0.3) is 0 Å². The predicted molar refractivity (Wildman–Crippen MR) is 387 cm³/mol. The Balaban J connectivity index is 1.53. The van der Waals surface area contributed by atoms with Gasteiger partial charge in [0.15, 0.2) is 11.9 Å². The molecule has 0 saturated carbocycles. The SMILES string of the molecule is CSCC[C@H](NC(=O)[C@H](Cc1ccccc1)NC(=O)CNC(=O)CNC(=O)[C@H](Cc1ccc(O)cc1)NC(=O)[C@H](CCCN=C(N)N)NC(=O)[C@H](CCCN=C(N)N)NC(=O)[C@H](CCSC)NC(=O)[C@H](Cc1ccccc1)NC(=O)CNC(=O)[C@@H](C)NC(=O)[C@@H](N)Cc1ccc(O)cc1)C(N)=O. The summed E-state index contributed by atoms with van der Waals surface area (Å²) in [7, 11) is 0. The summed E-state index contributed by atoms with van der Waals surface area (Å²) in [6.07, 6.45) is 3.41. The van der Waals surface area contributed by atoms with E-state index >= 15 is 0 Å². The topological polar surface area (TPSA) is 558 Å². The molecular formula is C67H95N19O14S2. The molecule has 9 atom stereocenters. The number of nitrogens with zero attached hydrogens (tertiary/aromatic N) is 2. The highest BCUT2D eigenvalue weighted by Gasteiger charge is 2.34. The van der Waals surface area contributed by atoms with Crippen molar-refractivity contribution in [1.29, 1.82) is 0 Å². The van der Waals surface area contributed by atoms with Crippen LogP contribution in [0.4, 0.5) is 0 Å². The zero-order chi connectivity index (χ0) is 75.1. The minimum absolute atomic E-state index is 0.00171. The molecule has 0 aliphatic rings. The van der Waals surface area contributed by atoms with E-state index < -0.39 is 145 Å². The number of phenolic OH excluding ortho intramolecular Hbond substituents is 2. The molecule has 4 aromatic rings. The molecule has 0 unspecified atom stereocenters. The number of aliphatic imine (C=N–C) groups is 2. The van der Waals surface area contributed by atoms with Crippen LogP contribution in [-0.4, -0.2) is 204 Å². The van der Waals surface area contributed by atoms with Crippen molar-refractivity contribution in [2.24, 2.45) is 44.4 Å². The van der Waals surface area contributed by atoms with E-state index in [1.54, 1.807) is 79.1 Å². The maximum Gasteiger partial charge on any atom is 0.243 e. The van der Waals surface area contributed by atoms with Crippen molar-refractivity contribution >= 4 is 106 Å². The predicted octanol–water partition coefficient (Wildman–Crippen LogP) is -3.96. The molecule has 0 bridgehead atoms. The number of rotatable bonds is 45. The summed E-state index contributed by atoms with van der Waals surface area (Å²) < 4.78 is 0. The minimum Gasteiger partial charge on any atom is -0.508 e. The van der Waals surface area contributed by atoms with Gasteiger partial charge in [0.2, 0.25) is 70.9 Å². The largest absolute Gasteiger partial charge is 0.508 e. The normalized spacial score (nSPS) is 13.5. The Morgan fingerprint density at radius 3 is 1.15 bits per heavy atom. The first kappa shape index (κ1) is 83.7. The summed E-state index contributed by atoms with van der Waals surface area (Å²) in [6.45, 7) is -0.706. The number of nitrogens with one attached hydrogen (secondary N) is 11. The summed E-state index contributed by atoms with van der Waals surface area (Å²) >= 11 is 2.78. The van der Waals surface area contributed by atoms with Crippen LogP contribution < -0.4 is 92.9 Å². The Kier molecular flexibility index (Phi) is 37.1. The summed E-state index contributed by atoms with van der Waals surface area (Å²) in [6, 6.07) is 17.4. The van der Waals surface area contributed by atoms with Crippen LogP contribution in [0.2, 0.25) is 0 Å². The molecule has 0 aromatic heterocycles. The average molecular weight is 1450 g/mol. The maximum absolute atomic E-state index is 14.7. The lowest BCUT2D eigenvalue weighted by atomic mass is 10.0. The van der Waals surface area contributed by atoms with Crippen molar-refractivity contribution < 1.29 is 67.7 Å². The van der Waals surface area contributed by atoms with E-state index in [1.807, 2.05) is 6.26 Å². The molecular weight excluding hydrogens is 1360 g/mol. The first-order valence-electron chi connectivity index (χ1n) is 32.6. The highest BCUT2D eigenvalue weighted by molar-refractivity contribution is 7.98. The molecule has 0 spiro atoms. The Hall–Kier alpha value is -10.7. The van der Waals surface area contributed by atoms with E-state index in [0.717, 1.165) is 0 Å². The quantitative estimate of drug-likeness (QED) is 0.0114. The van der Waals surface area contributed by atoms with Gasteiger partial charge in [-0.15, -0.1) is 0 Å². The number of nitrogens with two attached hydrogens (primary N) is 6. The average Bonchev–Trinajstić information content (AvgIpc) is 0.877. The molecule has 0 fully saturated rings. The van der Waals surface area contributed by atoms with Gasteiger partial charge >= 0.3 is 0 Å². The number of aromatic hydroxyl groups is 2. The van der Waals surface area contributed by atoms with Crippen LogP contribution in [0.15, 0.2) is 119 Å². The fourth-order valence-electron chi connectivity index (χ4n) is 9.84. The summed E-state index contributed by atoms with van der Waals surface area (Å²) in [5.74, 6) is -9.60. The number of hydrogen-bond donors (Lipinski definition) is 19. The summed E-state index contributed by atoms with van der Waals surface area (Å²) in [5.41, 5.74) is 36.4. The zero-order valence-corrected chi connectivity index (χ0v) is 58.7. The first-order valence-corrected chi connectivity index (χ1v) is 35.4. The number of phenols is 2. The molecule has 12 amide bonds. The number of benzene rings is 4. The molecule has 4 aromatic carbocycles. The van der Waals surface area contributed by atoms with Gasteiger partial charge in [0.05, 0.1) is 25.7 Å². The number of carbonyl (C=O) groups is 12. The van der Waals surface area contributed by atoms with Gasteiger partial charge in [-0.25, -0.2) is 0 Å². The van der Waals surface area contributed by atoms with Crippen molar-refractivity contribution in [2.45, 2.75) is 126 Å². The minimum atomic E-state index is -1.49. The second-order valence-corrected chi connectivity index (χ2v) is 25.5. The van der Waals surface area contributed by atoms with Gasteiger partial charge in [0, 0.05) is 32.4 Å². The van der Waals surface area contributed by atoms with Crippen LogP contribution >= 0.6 is 23.5 Å². The number of primary amides is 1. The fraction of sp³-hybridized carbons (Fsp3) is 0.433. The van der Waals surface area contributed by atoms with Gasteiger partial charge in [-0.05, 0) is 122 Å². The molecule has 33 nitrogen and oxygen atoms in total. The molecule has 102 heavy (non-hydrogen) atoms. The molecule has 554 valence electrons. The molecule has 0 aliphatic heterocycles. The van der Waals surface area contributed by atoms with Crippen LogP contribution in [0.5, 0.6) is 11.5 Å². The molecule has 0 radical (unpaired) electrons. The Labute approximate surface area is 599 Å². The standard InChI is InChI=1S/C67H95N19O14S2/c1-39(79-59(94)46(68)32-42-18-22-44(87)23-19-42)58(93)77-38-56(91)81-53(34-41-14-8-5-9-15-41)65(100)85-50(27-31-102-3)63(98)84-48(16-10-28-74-66(70)71)61(96)83-49(17-11-29-75-67(72)73)62(97)86-51(35-43-20-24-45(88)25-21-43)60(95)78-36-54(89)76-37-55(90)80-52(33-40-12-6-4-7-13-40)64(99)82-47(57(69)92)26-30-101-2/h4-9,12-15,18-25,39,46-53,87-88H,10-11,16-17,26-38,68H2,1-3H3,(H2,69,92)(H,76,89)(H,77,93)(H,78,95)(H,79,94)(H,80,90)(H,81,91)(H,82,99)(H,83,96)(H,84,98)(H,85,100)(H,86,97)(H4,70,71,74)(H4,72,73,75)/t39-,46+,47+,48+,49+,50+,51+,52+,53+/m1/s1. The van der Waals surface area contributed by atoms with Crippen LogP contribution in [-0.2, 0) is 83.2 Å². The van der Waals surface area contributed by atoms with Crippen molar-refractivity contribution in [2.75, 3.05) is 56.7 Å². The Bertz CT molecular complexity index is 3480. The third kappa shape index (κ3) is 32.5. The van der Waals surface area contributed by atoms with Crippen molar-refractivity contribution in [3.8, 4) is 11.5 Å². The fourth-order valence-corrected chi connectivity index (χ4v) is 10.8. The zero-order valence-electron chi connectivity index (χ0n) is 57.1. The second kappa shape index (κ2) is 45.2.